The van der Waals surface area contributed by atoms with Crippen LogP contribution in [0.2, 0.25) is 0 Å². The van der Waals surface area contributed by atoms with E-state index in [4.69, 9.17) is 4.74 Å². The summed E-state index contributed by atoms with van der Waals surface area (Å²) in [7, 11) is -4.21. The van der Waals surface area contributed by atoms with E-state index >= 15 is 0 Å². The number of likely N-dealkylation sites (tertiary alicyclic amines) is 1. The number of ether oxygens (including phenoxy) is 1. The molecule has 0 amide bonds. The Bertz CT molecular complexity index is 1240. The molecule has 1 aliphatic heterocycles. The minimum Gasteiger partial charge on any atom is -0.508 e. The molecule has 1 saturated heterocycles. The van der Waals surface area contributed by atoms with Crippen molar-refractivity contribution >= 4 is 15.7 Å². The van der Waals surface area contributed by atoms with Crippen LogP contribution in [0, 0.1) is 0 Å². The van der Waals surface area contributed by atoms with Gasteiger partial charge in [0.15, 0.2) is 0 Å². The quantitative estimate of drug-likeness (QED) is 0.416. The molecule has 192 valence electrons. The summed E-state index contributed by atoms with van der Waals surface area (Å²) in [4.78, 5) is 2.06. The van der Waals surface area contributed by atoms with Crippen LogP contribution in [0.4, 0.5) is 18.9 Å². The lowest BCUT2D eigenvalue weighted by molar-refractivity contribution is -0.137. The predicted molar refractivity (Wildman–Crippen MR) is 131 cm³/mol. The van der Waals surface area contributed by atoms with Crippen LogP contribution in [-0.4, -0.2) is 44.7 Å². The summed E-state index contributed by atoms with van der Waals surface area (Å²) in [6, 6.07) is 16.0. The molecule has 4 rings (SSSR count). The lowest BCUT2D eigenvalue weighted by atomic mass is 10.2. The minimum absolute atomic E-state index is 0.0336. The summed E-state index contributed by atoms with van der Waals surface area (Å²) in [5, 5.41) is 9.57. The Morgan fingerprint density at radius 2 is 1.50 bits per heavy atom. The SMILES string of the molecule is O=S(=O)(c1ccc(C(F)(F)F)cc1)N(Cc1ccc(O)cc1)c1ccc(OCCN2CCCC2)cc1. The molecule has 0 aromatic heterocycles. The molecule has 3 aromatic rings. The highest BCUT2D eigenvalue weighted by atomic mass is 32.2. The molecule has 1 aliphatic rings. The molecule has 3 aromatic carbocycles. The van der Waals surface area contributed by atoms with Gasteiger partial charge in [-0.1, -0.05) is 12.1 Å². The van der Waals surface area contributed by atoms with Gasteiger partial charge in [0.2, 0.25) is 0 Å². The third-order valence-electron chi connectivity index (χ3n) is 6.03. The highest BCUT2D eigenvalue weighted by Gasteiger charge is 2.32. The van der Waals surface area contributed by atoms with Gasteiger partial charge in [-0.3, -0.25) is 9.21 Å². The fourth-order valence-electron chi connectivity index (χ4n) is 4.03. The summed E-state index contributed by atoms with van der Waals surface area (Å²) in [6.45, 7) is 3.38. The number of hydrogen-bond donors (Lipinski definition) is 1. The van der Waals surface area contributed by atoms with Crippen LogP contribution >= 0.6 is 0 Å². The van der Waals surface area contributed by atoms with E-state index < -0.39 is 21.8 Å². The van der Waals surface area contributed by atoms with Crippen molar-refractivity contribution in [3.63, 3.8) is 0 Å². The Hall–Kier alpha value is -3.24. The summed E-state index contributed by atoms with van der Waals surface area (Å²) in [5.74, 6) is 0.626. The fourth-order valence-corrected chi connectivity index (χ4v) is 5.49. The number of nitrogens with zero attached hydrogens (tertiary/aromatic N) is 2. The molecule has 1 heterocycles. The fraction of sp³-hybridized carbons (Fsp3) is 0.308. The number of alkyl halides is 3. The predicted octanol–water partition coefficient (Wildman–Crippen LogP) is 5.28. The number of anilines is 1. The smallest absolute Gasteiger partial charge is 0.416 e. The topological polar surface area (TPSA) is 70.1 Å². The maximum absolute atomic E-state index is 13.5. The zero-order valence-corrected chi connectivity index (χ0v) is 20.3. The number of hydrogen-bond acceptors (Lipinski definition) is 5. The average Bonchev–Trinajstić information content (AvgIpc) is 3.37. The molecule has 0 aliphatic carbocycles. The molecule has 36 heavy (non-hydrogen) atoms. The number of sulfonamides is 1. The second kappa shape index (κ2) is 10.8. The van der Waals surface area contributed by atoms with Crippen molar-refractivity contribution in [3.05, 3.63) is 83.9 Å². The average molecular weight is 521 g/mol. The third kappa shape index (κ3) is 6.30. The van der Waals surface area contributed by atoms with Crippen molar-refractivity contribution in [2.24, 2.45) is 0 Å². The largest absolute Gasteiger partial charge is 0.508 e. The van der Waals surface area contributed by atoms with E-state index in [0.29, 0.717) is 23.6 Å². The van der Waals surface area contributed by atoms with E-state index in [0.717, 1.165) is 48.2 Å². The molecule has 6 nitrogen and oxygen atoms in total. The zero-order valence-electron chi connectivity index (χ0n) is 19.5. The van der Waals surface area contributed by atoms with E-state index in [1.807, 2.05) is 0 Å². The molecule has 10 heteroatoms. The van der Waals surface area contributed by atoms with Gasteiger partial charge in [-0.2, -0.15) is 13.2 Å². The summed E-state index contributed by atoms with van der Waals surface area (Å²) >= 11 is 0. The van der Waals surface area contributed by atoms with Crippen molar-refractivity contribution in [3.8, 4) is 11.5 Å². The normalized spacial score (nSPS) is 14.6. The van der Waals surface area contributed by atoms with Crippen LogP contribution in [0.1, 0.15) is 24.0 Å². The number of benzene rings is 3. The van der Waals surface area contributed by atoms with Crippen LogP contribution in [0.25, 0.3) is 0 Å². The van der Waals surface area contributed by atoms with Crippen LogP contribution in [0.15, 0.2) is 77.7 Å². The third-order valence-corrected chi connectivity index (χ3v) is 7.82. The Kier molecular flexibility index (Phi) is 7.75. The summed E-state index contributed by atoms with van der Waals surface area (Å²) in [6.07, 6.45) is -2.18. The summed E-state index contributed by atoms with van der Waals surface area (Å²) in [5.41, 5.74) is -0.00828. The first-order valence-corrected chi connectivity index (χ1v) is 13.0. The number of aromatic hydroxyl groups is 1. The van der Waals surface area contributed by atoms with Gasteiger partial charge >= 0.3 is 6.18 Å². The molecule has 0 saturated carbocycles. The molecule has 1 fully saturated rings. The second-order valence-corrected chi connectivity index (χ2v) is 10.5. The first kappa shape index (κ1) is 25.8. The first-order valence-electron chi connectivity index (χ1n) is 11.6. The Labute approximate surface area is 208 Å². The van der Waals surface area contributed by atoms with Gasteiger partial charge in [-0.05, 0) is 92.2 Å². The van der Waals surface area contributed by atoms with E-state index in [1.54, 1.807) is 36.4 Å². The minimum atomic E-state index is -4.57. The van der Waals surface area contributed by atoms with E-state index in [2.05, 4.69) is 4.90 Å². The van der Waals surface area contributed by atoms with E-state index in [1.165, 1.54) is 25.0 Å². The van der Waals surface area contributed by atoms with Crippen molar-refractivity contribution in [1.82, 2.24) is 4.90 Å². The van der Waals surface area contributed by atoms with E-state index in [9.17, 15) is 26.7 Å². The maximum atomic E-state index is 13.5. The zero-order chi connectivity index (χ0) is 25.8. The maximum Gasteiger partial charge on any atom is 0.416 e. The molecular weight excluding hydrogens is 493 g/mol. The number of halogens is 3. The van der Waals surface area contributed by atoms with Crippen LogP contribution in [0.3, 0.4) is 0 Å². The molecule has 0 unspecified atom stereocenters. The molecule has 1 N–H and O–H groups in total. The molecular formula is C26H27F3N2O4S. The Morgan fingerprint density at radius 3 is 2.08 bits per heavy atom. The van der Waals surface area contributed by atoms with Crippen molar-refractivity contribution in [1.29, 1.82) is 0 Å². The Balaban J connectivity index is 1.57. The molecule has 0 bridgehead atoms. The van der Waals surface area contributed by atoms with Gasteiger partial charge in [0.25, 0.3) is 10.0 Å². The van der Waals surface area contributed by atoms with Gasteiger partial charge in [0.05, 0.1) is 22.7 Å². The first-order chi connectivity index (χ1) is 17.1. The lowest BCUT2D eigenvalue weighted by Crippen LogP contribution is -2.30. The molecule has 0 spiro atoms. The second-order valence-electron chi connectivity index (χ2n) is 8.59. The standard InChI is InChI=1S/C26H27F3N2O4S/c27-26(28,29)21-5-13-25(14-6-21)36(33,34)31(19-20-3-9-23(32)10-4-20)22-7-11-24(12-8-22)35-18-17-30-15-1-2-16-30/h3-14,32H,1-2,15-19H2. The van der Waals surface area contributed by atoms with Gasteiger partial charge in [0.1, 0.15) is 18.1 Å². The number of phenols is 1. The monoisotopic (exact) mass is 520 g/mol. The highest BCUT2D eigenvalue weighted by molar-refractivity contribution is 7.92. The van der Waals surface area contributed by atoms with Crippen molar-refractivity contribution in [2.45, 2.75) is 30.5 Å². The van der Waals surface area contributed by atoms with Gasteiger partial charge in [-0.25, -0.2) is 8.42 Å². The molecule has 0 atom stereocenters. The number of rotatable bonds is 9. The lowest BCUT2D eigenvalue weighted by Gasteiger charge is -2.25. The van der Waals surface area contributed by atoms with Gasteiger partial charge < -0.3 is 9.84 Å². The van der Waals surface area contributed by atoms with Crippen LogP contribution < -0.4 is 9.04 Å². The van der Waals surface area contributed by atoms with Crippen LogP contribution in [-0.2, 0) is 22.7 Å². The molecule has 0 radical (unpaired) electrons. The highest BCUT2D eigenvalue weighted by Crippen LogP contribution is 2.32. The van der Waals surface area contributed by atoms with E-state index in [-0.39, 0.29) is 17.2 Å². The Morgan fingerprint density at radius 1 is 0.889 bits per heavy atom. The van der Waals surface area contributed by atoms with Gasteiger partial charge in [0, 0.05) is 6.54 Å². The number of phenolic OH excluding ortho intramolecular Hbond substituents is 1. The van der Waals surface area contributed by atoms with Crippen molar-refractivity contribution in [2.75, 3.05) is 30.5 Å². The summed E-state index contributed by atoms with van der Waals surface area (Å²) < 4.78 is 72.9. The van der Waals surface area contributed by atoms with Gasteiger partial charge in [-0.15, -0.1) is 0 Å². The van der Waals surface area contributed by atoms with Crippen LogP contribution in [0.5, 0.6) is 11.5 Å². The van der Waals surface area contributed by atoms with Crippen molar-refractivity contribution < 1.29 is 31.4 Å².